The molecule has 1 amide bonds. The van der Waals surface area contributed by atoms with Crippen molar-refractivity contribution in [2.45, 2.75) is 11.8 Å². The Kier molecular flexibility index (Phi) is 4.82. The lowest BCUT2D eigenvalue weighted by Crippen LogP contribution is -2.24. The molecule has 0 aromatic heterocycles. The van der Waals surface area contributed by atoms with Gasteiger partial charge >= 0.3 is 0 Å². The maximum Gasteiger partial charge on any atom is 0.251 e. The van der Waals surface area contributed by atoms with Gasteiger partial charge in [-0.05, 0) is 30.5 Å². The first-order chi connectivity index (χ1) is 10.8. The second kappa shape index (κ2) is 6.47. The fourth-order valence-electron chi connectivity index (χ4n) is 2.33. The average Bonchev–Trinajstić information content (AvgIpc) is 2.53. The zero-order chi connectivity index (χ0) is 17.2. The molecule has 0 heterocycles. The fraction of sp³-hybridized carbons (Fsp3) is 0.250. The first kappa shape index (κ1) is 17.1. The van der Waals surface area contributed by atoms with Gasteiger partial charge in [0.1, 0.15) is 0 Å². The summed E-state index contributed by atoms with van der Waals surface area (Å²) < 4.78 is 25.7. The topological polar surface area (TPSA) is 83.6 Å². The van der Waals surface area contributed by atoms with E-state index in [1.54, 1.807) is 25.1 Å². The van der Waals surface area contributed by atoms with Crippen molar-refractivity contribution in [3.8, 4) is 0 Å². The Balaban J connectivity index is 2.80. The molecule has 2 aromatic carbocycles. The highest BCUT2D eigenvalue weighted by Crippen LogP contribution is 2.27. The Morgan fingerprint density at radius 1 is 1.26 bits per heavy atom. The number of hydrogen-bond acceptors (Lipinski definition) is 4. The highest BCUT2D eigenvalue weighted by molar-refractivity contribution is 7.89. The number of fused-ring (bicyclic) bond motifs is 1. The van der Waals surface area contributed by atoms with Gasteiger partial charge in [-0.3, -0.25) is 9.59 Å². The predicted octanol–water partition coefficient (Wildman–Crippen LogP) is 1.65. The van der Waals surface area contributed by atoms with Crippen molar-refractivity contribution < 1.29 is 18.0 Å². The van der Waals surface area contributed by atoms with Crippen LogP contribution in [0.4, 0.5) is 0 Å². The number of aldehydes is 1. The number of nitrogens with one attached hydrogen (secondary N) is 1. The van der Waals surface area contributed by atoms with Gasteiger partial charge in [0.25, 0.3) is 5.91 Å². The van der Waals surface area contributed by atoms with Gasteiger partial charge in [-0.1, -0.05) is 12.1 Å². The van der Waals surface area contributed by atoms with Gasteiger partial charge in [0.15, 0.2) is 6.29 Å². The minimum Gasteiger partial charge on any atom is -0.352 e. The summed E-state index contributed by atoms with van der Waals surface area (Å²) in [7, 11) is -0.827. The summed E-state index contributed by atoms with van der Waals surface area (Å²) in [5.41, 5.74) is 0.519. The van der Waals surface area contributed by atoms with E-state index in [1.807, 2.05) is 0 Å². The maximum absolute atomic E-state index is 12.3. The number of carbonyl (C=O) groups is 2. The zero-order valence-electron chi connectivity index (χ0n) is 13.2. The minimum absolute atomic E-state index is 0.0187. The fourth-order valence-corrected chi connectivity index (χ4v) is 3.30. The van der Waals surface area contributed by atoms with Gasteiger partial charge in [-0.15, -0.1) is 0 Å². The molecule has 0 saturated carbocycles. The summed E-state index contributed by atoms with van der Waals surface area (Å²) in [6, 6.07) is 7.72. The monoisotopic (exact) mass is 334 g/mol. The summed E-state index contributed by atoms with van der Waals surface area (Å²) in [6.07, 6.45) is 0.569. The van der Waals surface area contributed by atoms with Crippen molar-refractivity contribution in [2.24, 2.45) is 0 Å². The molecule has 0 atom stereocenters. The van der Waals surface area contributed by atoms with Crippen LogP contribution in [-0.4, -0.2) is 45.6 Å². The van der Waals surface area contributed by atoms with Crippen molar-refractivity contribution in [2.75, 3.05) is 20.6 Å². The molecule has 0 radical (unpaired) electrons. The Hall–Kier alpha value is -2.25. The molecule has 6 nitrogen and oxygen atoms in total. The van der Waals surface area contributed by atoms with Gasteiger partial charge in [0, 0.05) is 37.2 Å². The largest absolute Gasteiger partial charge is 0.352 e. The molecule has 0 spiro atoms. The molecule has 7 heteroatoms. The van der Waals surface area contributed by atoms with E-state index in [0.717, 1.165) is 4.31 Å². The van der Waals surface area contributed by atoms with Gasteiger partial charge < -0.3 is 5.32 Å². The van der Waals surface area contributed by atoms with Crippen LogP contribution < -0.4 is 5.32 Å². The second-order valence-corrected chi connectivity index (χ2v) is 7.33. The van der Waals surface area contributed by atoms with E-state index in [2.05, 4.69) is 5.32 Å². The third-order valence-corrected chi connectivity index (χ3v) is 5.26. The molecule has 23 heavy (non-hydrogen) atoms. The standard InChI is InChI=1S/C16H18N2O4S/c1-4-17-16(20)14-7-5-6-11-8-13(23(21,22)18(2)3)9-12(10-19)15(11)14/h5-10H,4H2,1-3H3,(H,17,20). The number of carbonyl (C=O) groups excluding carboxylic acids is 2. The van der Waals surface area contributed by atoms with Gasteiger partial charge in [0.05, 0.1) is 4.90 Å². The summed E-state index contributed by atoms with van der Waals surface area (Å²) in [6.45, 7) is 2.25. The lowest BCUT2D eigenvalue weighted by molar-refractivity contribution is 0.0957. The summed E-state index contributed by atoms with van der Waals surface area (Å²) in [4.78, 5) is 23.6. The quantitative estimate of drug-likeness (QED) is 0.843. The van der Waals surface area contributed by atoms with Crippen LogP contribution in [-0.2, 0) is 10.0 Å². The number of rotatable bonds is 5. The third kappa shape index (κ3) is 3.11. The molecule has 0 aliphatic rings. The van der Waals surface area contributed by atoms with Crippen LogP contribution in [0.25, 0.3) is 10.8 Å². The zero-order valence-corrected chi connectivity index (χ0v) is 14.0. The number of benzene rings is 2. The molecule has 2 aromatic rings. The van der Waals surface area contributed by atoms with E-state index >= 15 is 0 Å². The van der Waals surface area contributed by atoms with Crippen molar-refractivity contribution in [1.29, 1.82) is 0 Å². The van der Waals surface area contributed by atoms with E-state index in [-0.39, 0.29) is 16.4 Å². The molecular formula is C16H18N2O4S. The molecule has 0 bridgehead atoms. The molecule has 122 valence electrons. The molecule has 0 unspecified atom stereocenters. The summed E-state index contributed by atoms with van der Waals surface area (Å²) in [5.74, 6) is -0.301. The number of amides is 1. The highest BCUT2D eigenvalue weighted by Gasteiger charge is 2.21. The SMILES string of the molecule is CCNC(=O)c1cccc2cc(S(=O)(=O)N(C)C)cc(C=O)c12. The van der Waals surface area contributed by atoms with Gasteiger partial charge in [0.2, 0.25) is 10.0 Å². The normalized spacial score (nSPS) is 11.7. The molecule has 0 fully saturated rings. The van der Waals surface area contributed by atoms with Crippen molar-refractivity contribution in [1.82, 2.24) is 9.62 Å². The van der Waals surface area contributed by atoms with E-state index in [0.29, 0.717) is 29.2 Å². The second-order valence-electron chi connectivity index (χ2n) is 5.18. The Morgan fingerprint density at radius 2 is 1.96 bits per heavy atom. The molecule has 0 aliphatic carbocycles. The Bertz CT molecular complexity index is 873. The molecule has 2 rings (SSSR count). The van der Waals surface area contributed by atoms with Gasteiger partial charge in [-0.2, -0.15) is 0 Å². The lowest BCUT2D eigenvalue weighted by atomic mass is 9.99. The summed E-state index contributed by atoms with van der Waals surface area (Å²) >= 11 is 0. The highest BCUT2D eigenvalue weighted by atomic mass is 32.2. The number of hydrogen-bond donors (Lipinski definition) is 1. The van der Waals surface area contributed by atoms with Crippen LogP contribution in [0.2, 0.25) is 0 Å². The van der Waals surface area contributed by atoms with Crippen LogP contribution in [0.1, 0.15) is 27.6 Å². The summed E-state index contributed by atoms with van der Waals surface area (Å²) in [5, 5.41) is 3.66. The van der Waals surface area contributed by atoms with Crippen LogP contribution in [0.15, 0.2) is 35.2 Å². The van der Waals surface area contributed by atoms with Crippen LogP contribution in [0.3, 0.4) is 0 Å². The Morgan fingerprint density at radius 3 is 2.52 bits per heavy atom. The average molecular weight is 334 g/mol. The number of nitrogens with zero attached hydrogens (tertiary/aromatic N) is 1. The Labute approximate surface area is 135 Å². The first-order valence-electron chi connectivity index (χ1n) is 7.05. The van der Waals surface area contributed by atoms with Crippen molar-refractivity contribution in [3.05, 3.63) is 41.5 Å². The van der Waals surface area contributed by atoms with Crippen LogP contribution in [0.5, 0.6) is 0 Å². The van der Waals surface area contributed by atoms with Crippen LogP contribution >= 0.6 is 0 Å². The first-order valence-corrected chi connectivity index (χ1v) is 8.49. The van der Waals surface area contributed by atoms with E-state index in [1.165, 1.54) is 26.2 Å². The smallest absolute Gasteiger partial charge is 0.251 e. The molecular weight excluding hydrogens is 316 g/mol. The molecule has 1 N–H and O–H groups in total. The molecule has 0 aliphatic heterocycles. The minimum atomic E-state index is -3.67. The van der Waals surface area contributed by atoms with E-state index in [9.17, 15) is 18.0 Å². The third-order valence-electron chi connectivity index (χ3n) is 3.47. The van der Waals surface area contributed by atoms with Crippen molar-refractivity contribution >= 4 is 33.0 Å². The predicted molar refractivity (Wildman–Crippen MR) is 88.2 cm³/mol. The maximum atomic E-state index is 12.3. The van der Waals surface area contributed by atoms with Crippen molar-refractivity contribution in [3.63, 3.8) is 0 Å². The van der Waals surface area contributed by atoms with E-state index in [4.69, 9.17) is 0 Å². The van der Waals surface area contributed by atoms with Gasteiger partial charge in [-0.25, -0.2) is 12.7 Å². The molecule has 0 saturated heterocycles. The number of sulfonamides is 1. The lowest BCUT2D eigenvalue weighted by Gasteiger charge is -2.14. The van der Waals surface area contributed by atoms with Crippen LogP contribution in [0, 0.1) is 0 Å². The van der Waals surface area contributed by atoms with E-state index < -0.39 is 10.0 Å².